The summed E-state index contributed by atoms with van der Waals surface area (Å²) < 4.78 is 27.1. The molecule has 5 nitrogen and oxygen atoms in total. The van der Waals surface area contributed by atoms with E-state index in [4.69, 9.17) is 0 Å². The van der Waals surface area contributed by atoms with Crippen LogP contribution in [0.4, 0.5) is 0 Å². The third-order valence-corrected chi connectivity index (χ3v) is 5.83. The van der Waals surface area contributed by atoms with E-state index in [-0.39, 0.29) is 5.41 Å². The van der Waals surface area contributed by atoms with Gasteiger partial charge in [-0.2, -0.15) is 12.7 Å². The van der Waals surface area contributed by atoms with E-state index in [1.165, 1.54) is 22.4 Å². The van der Waals surface area contributed by atoms with Gasteiger partial charge in [-0.1, -0.05) is 33.9 Å². The Kier molecular flexibility index (Phi) is 4.09. The minimum absolute atomic E-state index is 0.301. The van der Waals surface area contributed by atoms with Gasteiger partial charge >= 0.3 is 10.2 Å². The standard InChI is InChI=1S/C11H23N3O2SSi/c1-11(2,3)10-12-9(18(6)7)8-14(10)17(15,16)13(4)5/h8,18H,1-7H3. The van der Waals surface area contributed by atoms with Crippen molar-refractivity contribution in [2.24, 2.45) is 0 Å². The van der Waals surface area contributed by atoms with Crippen LogP contribution >= 0.6 is 0 Å². The zero-order valence-electron chi connectivity index (χ0n) is 12.2. The summed E-state index contributed by atoms with van der Waals surface area (Å²) in [5, 5.41) is 0.936. The average molecular weight is 289 g/mol. The van der Waals surface area contributed by atoms with Crippen LogP contribution in [0.5, 0.6) is 0 Å². The number of rotatable bonds is 3. The Balaban J connectivity index is 3.53. The zero-order chi connectivity index (χ0) is 14.3. The second kappa shape index (κ2) is 4.79. The normalized spacial score (nSPS) is 13.6. The Morgan fingerprint density at radius 3 is 2.11 bits per heavy atom. The lowest BCUT2D eigenvalue weighted by Gasteiger charge is -2.21. The molecule has 0 bridgehead atoms. The van der Waals surface area contributed by atoms with E-state index in [2.05, 4.69) is 18.1 Å². The largest absolute Gasteiger partial charge is 0.308 e. The van der Waals surface area contributed by atoms with Gasteiger partial charge in [0.15, 0.2) is 0 Å². The number of hydrogen-bond donors (Lipinski definition) is 0. The smallest absolute Gasteiger partial charge is 0.242 e. The van der Waals surface area contributed by atoms with E-state index in [1.54, 1.807) is 6.20 Å². The second-order valence-corrected chi connectivity index (χ2v) is 10.9. The van der Waals surface area contributed by atoms with Crippen LogP contribution < -0.4 is 5.32 Å². The lowest BCUT2D eigenvalue weighted by molar-refractivity contribution is 0.489. The van der Waals surface area contributed by atoms with Crippen LogP contribution in [0, 0.1) is 0 Å². The summed E-state index contributed by atoms with van der Waals surface area (Å²) in [6.45, 7) is 10.2. The highest BCUT2D eigenvalue weighted by molar-refractivity contribution is 7.87. The van der Waals surface area contributed by atoms with E-state index in [0.717, 1.165) is 5.32 Å². The van der Waals surface area contributed by atoms with Crippen LogP contribution in [0.1, 0.15) is 26.6 Å². The van der Waals surface area contributed by atoms with Gasteiger partial charge in [-0.25, -0.2) is 8.96 Å². The molecule has 0 aromatic carbocycles. The number of hydrogen-bond acceptors (Lipinski definition) is 3. The van der Waals surface area contributed by atoms with Crippen LogP contribution in [0.25, 0.3) is 0 Å². The molecule has 7 heteroatoms. The van der Waals surface area contributed by atoms with Crippen LogP contribution in [0.3, 0.4) is 0 Å². The minimum Gasteiger partial charge on any atom is -0.242 e. The fourth-order valence-corrected chi connectivity index (χ4v) is 3.57. The van der Waals surface area contributed by atoms with Gasteiger partial charge in [0.05, 0.1) is 8.80 Å². The Bertz CT molecular complexity index is 527. The molecule has 0 saturated carbocycles. The molecule has 0 aliphatic heterocycles. The number of aromatic nitrogens is 2. The topological polar surface area (TPSA) is 55.2 Å². The molecule has 0 aliphatic carbocycles. The Hall–Kier alpha value is -0.663. The molecule has 18 heavy (non-hydrogen) atoms. The van der Waals surface area contributed by atoms with Gasteiger partial charge < -0.3 is 0 Å². The fraction of sp³-hybridized carbons (Fsp3) is 0.727. The summed E-state index contributed by atoms with van der Waals surface area (Å²) in [4.78, 5) is 4.55. The van der Waals surface area contributed by atoms with Crippen molar-refractivity contribution in [3.63, 3.8) is 0 Å². The summed E-state index contributed by atoms with van der Waals surface area (Å²) in [6, 6.07) is 0. The third kappa shape index (κ3) is 2.84. The highest BCUT2D eigenvalue weighted by Gasteiger charge is 2.29. The lowest BCUT2D eigenvalue weighted by atomic mass is 9.96. The molecule has 0 fully saturated rings. The summed E-state index contributed by atoms with van der Waals surface area (Å²) in [7, 11) is -1.55. The molecule has 0 spiro atoms. The number of imidazole rings is 1. The van der Waals surface area contributed by atoms with E-state index in [0.29, 0.717) is 5.82 Å². The molecule has 0 aliphatic rings. The summed E-state index contributed by atoms with van der Waals surface area (Å²) >= 11 is 0. The second-order valence-electron chi connectivity index (χ2n) is 5.98. The molecule has 1 aromatic rings. The van der Waals surface area contributed by atoms with Gasteiger partial charge in [0.25, 0.3) is 0 Å². The minimum atomic E-state index is -3.49. The first-order valence-corrected chi connectivity index (χ1v) is 10.3. The molecule has 0 saturated heterocycles. The van der Waals surface area contributed by atoms with Crippen molar-refractivity contribution in [2.45, 2.75) is 39.3 Å². The maximum atomic E-state index is 12.3. The van der Waals surface area contributed by atoms with Crippen LogP contribution in [-0.2, 0) is 15.6 Å². The van der Waals surface area contributed by atoms with Crippen molar-refractivity contribution < 1.29 is 8.42 Å². The Morgan fingerprint density at radius 2 is 1.78 bits per heavy atom. The monoisotopic (exact) mass is 289 g/mol. The van der Waals surface area contributed by atoms with E-state index in [1.807, 2.05) is 20.8 Å². The molecule has 0 amide bonds. The highest BCUT2D eigenvalue weighted by atomic mass is 32.2. The van der Waals surface area contributed by atoms with Gasteiger partial charge in [-0.05, 0) is 0 Å². The van der Waals surface area contributed by atoms with Crippen molar-refractivity contribution in [3.8, 4) is 0 Å². The fourth-order valence-electron chi connectivity index (χ4n) is 1.51. The van der Waals surface area contributed by atoms with Gasteiger partial charge in [0.2, 0.25) is 0 Å². The quantitative estimate of drug-likeness (QED) is 0.763. The maximum Gasteiger partial charge on any atom is 0.308 e. The first kappa shape index (κ1) is 15.4. The Labute approximate surface area is 112 Å². The molecule has 1 aromatic heterocycles. The maximum absolute atomic E-state index is 12.3. The Morgan fingerprint density at radius 1 is 1.28 bits per heavy atom. The van der Waals surface area contributed by atoms with E-state index >= 15 is 0 Å². The van der Waals surface area contributed by atoms with Crippen LogP contribution in [0.2, 0.25) is 13.1 Å². The molecule has 0 unspecified atom stereocenters. The van der Waals surface area contributed by atoms with Gasteiger partial charge in [0.1, 0.15) is 5.82 Å². The summed E-state index contributed by atoms with van der Waals surface area (Å²) in [5.74, 6) is 0.604. The van der Waals surface area contributed by atoms with E-state index in [9.17, 15) is 8.42 Å². The van der Waals surface area contributed by atoms with Crippen LogP contribution in [0.15, 0.2) is 6.20 Å². The van der Waals surface area contributed by atoms with Crippen LogP contribution in [-0.4, -0.2) is 44.6 Å². The van der Waals surface area contributed by atoms with Gasteiger partial charge in [-0.3, -0.25) is 0 Å². The molecule has 0 N–H and O–H groups in total. The number of nitrogens with zero attached hydrogens (tertiary/aromatic N) is 3. The van der Waals surface area contributed by atoms with Crippen molar-refractivity contribution in [3.05, 3.63) is 12.0 Å². The summed E-state index contributed by atoms with van der Waals surface area (Å²) in [5.41, 5.74) is -0.301. The van der Waals surface area contributed by atoms with Crippen molar-refractivity contribution in [2.75, 3.05) is 14.1 Å². The first-order valence-electron chi connectivity index (χ1n) is 6.00. The molecule has 1 heterocycles. The predicted molar refractivity (Wildman–Crippen MR) is 77.4 cm³/mol. The predicted octanol–water partition coefficient (Wildman–Crippen LogP) is 0.529. The SMILES string of the molecule is CN(C)S(=O)(=O)n1cc([SiH](C)C)nc1C(C)(C)C. The molecule has 0 atom stereocenters. The summed E-state index contributed by atoms with van der Waals surface area (Å²) in [6.07, 6.45) is 1.69. The molecule has 0 radical (unpaired) electrons. The third-order valence-electron chi connectivity index (χ3n) is 2.67. The van der Waals surface area contributed by atoms with Crippen molar-refractivity contribution >= 4 is 24.3 Å². The molecular formula is C11H23N3O2SSi. The molecular weight excluding hydrogens is 266 g/mol. The molecule has 104 valence electrons. The first-order chi connectivity index (χ1) is 7.98. The highest BCUT2D eigenvalue weighted by Crippen LogP contribution is 2.21. The van der Waals surface area contributed by atoms with E-state index < -0.39 is 19.0 Å². The van der Waals surface area contributed by atoms with Crippen molar-refractivity contribution in [1.29, 1.82) is 0 Å². The van der Waals surface area contributed by atoms with Gasteiger partial charge in [0, 0.05) is 31.0 Å². The zero-order valence-corrected chi connectivity index (χ0v) is 14.2. The van der Waals surface area contributed by atoms with Gasteiger partial charge in [-0.15, -0.1) is 0 Å². The molecule has 1 rings (SSSR count). The lowest BCUT2D eigenvalue weighted by Crippen LogP contribution is -2.32. The van der Waals surface area contributed by atoms with Crippen molar-refractivity contribution in [1.82, 2.24) is 13.3 Å². The average Bonchev–Trinajstić information content (AvgIpc) is 2.61.